The topological polar surface area (TPSA) is 12.0 Å². The maximum absolute atomic E-state index is 3.56. The summed E-state index contributed by atoms with van der Waals surface area (Å²) in [6.45, 7) is 0. The highest BCUT2D eigenvalue weighted by Crippen LogP contribution is 2.34. The third-order valence-electron chi connectivity index (χ3n) is 4.32. The van der Waals surface area contributed by atoms with Crippen LogP contribution in [0.4, 0.5) is 11.4 Å². The van der Waals surface area contributed by atoms with E-state index in [0.29, 0.717) is 0 Å². The van der Waals surface area contributed by atoms with Crippen LogP contribution in [0, 0.1) is 0 Å². The molecule has 0 aliphatic carbocycles. The SMILES string of the molecule is Brc1cccc(Nc2ccc(-c3ccccc3)cc2-c2ccccc2)c1. The molecule has 0 aliphatic rings. The van der Waals surface area contributed by atoms with Gasteiger partial charge in [0, 0.05) is 21.4 Å². The van der Waals surface area contributed by atoms with Crippen molar-refractivity contribution in [2.45, 2.75) is 0 Å². The minimum absolute atomic E-state index is 1.06. The fourth-order valence-corrected chi connectivity index (χ4v) is 3.44. The molecule has 0 saturated heterocycles. The molecule has 0 unspecified atom stereocenters. The number of hydrogen-bond donors (Lipinski definition) is 1. The maximum Gasteiger partial charge on any atom is 0.0464 e. The summed E-state index contributed by atoms with van der Waals surface area (Å²) >= 11 is 3.54. The van der Waals surface area contributed by atoms with Gasteiger partial charge >= 0.3 is 0 Å². The maximum atomic E-state index is 3.56. The number of nitrogens with one attached hydrogen (secondary N) is 1. The first-order valence-corrected chi connectivity index (χ1v) is 9.36. The Labute approximate surface area is 162 Å². The fourth-order valence-electron chi connectivity index (χ4n) is 3.04. The van der Waals surface area contributed by atoms with Gasteiger partial charge in [-0.2, -0.15) is 0 Å². The lowest BCUT2D eigenvalue weighted by atomic mass is 9.97. The van der Waals surface area contributed by atoms with Gasteiger partial charge in [-0.1, -0.05) is 88.7 Å². The summed E-state index contributed by atoms with van der Waals surface area (Å²) in [5, 5.41) is 3.56. The van der Waals surface area contributed by atoms with Crippen LogP contribution in [0.3, 0.4) is 0 Å². The molecule has 0 heterocycles. The Morgan fingerprint density at radius 2 is 1.23 bits per heavy atom. The molecular weight excluding hydrogens is 382 g/mol. The molecule has 0 fully saturated rings. The molecule has 0 atom stereocenters. The molecule has 0 saturated carbocycles. The molecular formula is C24H18BrN. The standard InChI is InChI=1S/C24H18BrN/c25-21-12-7-13-22(17-21)26-24-15-14-20(18-8-3-1-4-9-18)16-23(24)19-10-5-2-6-11-19/h1-17,26H. The number of rotatable bonds is 4. The highest BCUT2D eigenvalue weighted by molar-refractivity contribution is 9.10. The van der Waals surface area contributed by atoms with E-state index in [4.69, 9.17) is 0 Å². The van der Waals surface area contributed by atoms with Crippen molar-refractivity contribution >= 4 is 27.3 Å². The summed E-state index contributed by atoms with van der Waals surface area (Å²) in [6.07, 6.45) is 0. The van der Waals surface area contributed by atoms with Crippen LogP contribution >= 0.6 is 15.9 Å². The van der Waals surface area contributed by atoms with E-state index in [1.807, 2.05) is 24.3 Å². The van der Waals surface area contributed by atoms with Gasteiger partial charge in [0.2, 0.25) is 0 Å². The molecule has 0 radical (unpaired) electrons. The van der Waals surface area contributed by atoms with Gasteiger partial charge in [-0.3, -0.25) is 0 Å². The molecule has 0 bridgehead atoms. The zero-order valence-corrected chi connectivity index (χ0v) is 15.8. The van der Waals surface area contributed by atoms with Crippen molar-refractivity contribution in [3.63, 3.8) is 0 Å². The minimum Gasteiger partial charge on any atom is -0.355 e. The van der Waals surface area contributed by atoms with E-state index >= 15 is 0 Å². The van der Waals surface area contributed by atoms with E-state index in [-0.39, 0.29) is 0 Å². The number of benzene rings is 4. The second-order valence-corrected chi connectivity index (χ2v) is 7.04. The Balaban J connectivity index is 1.80. The number of hydrogen-bond acceptors (Lipinski definition) is 1. The van der Waals surface area contributed by atoms with Crippen molar-refractivity contribution in [3.8, 4) is 22.3 Å². The van der Waals surface area contributed by atoms with Crippen LogP contribution in [0.25, 0.3) is 22.3 Å². The lowest BCUT2D eigenvalue weighted by molar-refractivity contribution is 1.51. The lowest BCUT2D eigenvalue weighted by Crippen LogP contribution is -1.94. The Morgan fingerprint density at radius 3 is 1.92 bits per heavy atom. The van der Waals surface area contributed by atoms with Crippen LogP contribution < -0.4 is 5.32 Å². The summed E-state index contributed by atoms with van der Waals surface area (Å²) in [7, 11) is 0. The molecule has 4 aromatic carbocycles. The first-order chi connectivity index (χ1) is 12.8. The van der Waals surface area contributed by atoms with E-state index in [0.717, 1.165) is 15.8 Å². The normalized spacial score (nSPS) is 10.5. The second-order valence-electron chi connectivity index (χ2n) is 6.13. The van der Waals surface area contributed by atoms with Crippen molar-refractivity contribution < 1.29 is 0 Å². The largest absolute Gasteiger partial charge is 0.355 e. The van der Waals surface area contributed by atoms with E-state index < -0.39 is 0 Å². The average Bonchev–Trinajstić information content (AvgIpc) is 2.70. The number of anilines is 2. The molecule has 0 aromatic heterocycles. The van der Waals surface area contributed by atoms with E-state index in [1.165, 1.54) is 22.3 Å². The molecule has 126 valence electrons. The second kappa shape index (κ2) is 7.59. The van der Waals surface area contributed by atoms with E-state index in [2.05, 4.69) is 100 Å². The van der Waals surface area contributed by atoms with Gasteiger partial charge in [-0.15, -0.1) is 0 Å². The summed E-state index contributed by atoms with van der Waals surface area (Å²) in [4.78, 5) is 0. The van der Waals surface area contributed by atoms with Gasteiger partial charge < -0.3 is 5.32 Å². The lowest BCUT2D eigenvalue weighted by Gasteiger charge is -2.15. The predicted molar refractivity (Wildman–Crippen MR) is 115 cm³/mol. The molecule has 4 aromatic rings. The van der Waals surface area contributed by atoms with E-state index in [9.17, 15) is 0 Å². The Bertz CT molecular complexity index is 1010. The Hall–Kier alpha value is -2.84. The van der Waals surface area contributed by atoms with Gasteiger partial charge in [0.05, 0.1) is 0 Å². The van der Waals surface area contributed by atoms with Crippen molar-refractivity contribution in [2.75, 3.05) is 5.32 Å². The quantitative estimate of drug-likeness (QED) is 0.373. The zero-order chi connectivity index (χ0) is 17.8. The summed E-state index contributed by atoms with van der Waals surface area (Å²) in [5.74, 6) is 0. The third-order valence-corrected chi connectivity index (χ3v) is 4.81. The highest BCUT2D eigenvalue weighted by Gasteiger charge is 2.08. The van der Waals surface area contributed by atoms with Gasteiger partial charge in [-0.05, 0) is 47.0 Å². The van der Waals surface area contributed by atoms with Crippen molar-refractivity contribution in [2.24, 2.45) is 0 Å². The molecule has 0 aliphatic heterocycles. The third kappa shape index (κ3) is 3.71. The monoisotopic (exact) mass is 399 g/mol. The Kier molecular flexibility index (Phi) is 4.85. The van der Waals surface area contributed by atoms with Crippen LogP contribution in [-0.4, -0.2) is 0 Å². The van der Waals surface area contributed by atoms with Crippen LogP contribution in [0.2, 0.25) is 0 Å². The average molecular weight is 400 g/mol. The smallest absolute Gasteiger partial charge is 0.0464 e. The zero-order valence-electron chi connectivity index (χ0n) is 14.2. The van der Waals surface area contributed by atoms with Gasteiger partial charge in [0.1, 0.15) is 0 Å². The number of halogens is 1. The van der Waals surface area contributed by atoms with Crippen molar-refractivity contribution in [3.05, 3.63) is 108 Å². The molecule has 1 nitrogen and oxygen atoms in total. The fraction of sp³-hybridized carbons (Fsp3) is 0. The van der Waals surface area contributed by atoms with Gasteiger partial charge in [0.25, 0.3) is 0 Å². The van der Waals surface area contributed by atoms with Crippen LogP contribution in [0.1, 0.15) is 0 Å². The molecule has 0 spiro atoms. The highest BCUT2D eigenvalue weighted by atomic mass is 79.9. The molecule has 4 rings (SSSR count). The minimum atomic E-state index is 1.06. The Morgan fingerprint density at radius 1 is 0.538 bits per heavy atom. The van der Waals surface area contributed by atoms with Crippen LogP contribution in [-0.2, 0) is 0 Å². The first kappa shape index (κ1) is 16.6. The van der Waals surface area contributed by atoms with E-state index in [1.54, 1.807) is 0 Å². The predicted octanol–water partition coefficient (Wildman–Crippen LogP) is 7.53. The summed E-state index contributed by atoms with van der Waals surface area (Å²) in [6, 6.07) is 35.8. The molecule has 0 amide bonds. The molecule has 1 N–H and O–H groups in total. The van der Waals surface area contributed by atoms with Crippen molar-refractivity contribution in [1.82, 2.24) is 0 Å². The summed E-state index contributed by atoms with van der Waals surface area (Å²) in [5.41, 5.74) is 6.97. The van der Waals surface area contributed by atoms with Gasteiger partial charge in [-0.25, -0.2) is 0 Å². The summed E-state index contributed by atoms with van der Waals surface area (Å²) < 4.78 is 1.06. The van der Waals surface area contributed by atoms with Crippen LogP contribution in [0.5, 0.6) is 0 Å². The first-order valence-electron chi connectivity index (χ1n) is 8.57. The molecule has 2 heteroatoms. The van der Waals surface area contributed by atoms with Gasteiger partial charge in [0.15, 0.2) is 0 Å². The van der Waals surface area contributed by atoms with Crippen molar-refractivity contribution in [1.29, 1.82) is 0 Å². The molecule has 26 heavy (non-hydrogen) atoms. The van der Waals surface area contributed by atoms with Crippen LogP contribution in [0.15, 0.2) is 108 Å².